The number of nitrogens with one attached hydrogen (secondary N) is 1. The van der Waals surface area contributed by atoms with Gasteiger partial charge in [-0.3, -0.25) is 9.59 Å². The zero-order valence-corrected chi connectivity index (χ0v) is 17.2. The molecule has 1 N–H and O–H groups in total. The molecule has 2 aromatic heterocycles. The first-order valence-electron chi connectivity index (χ1n) is 10.1. The minimum Gasteiger partial charge on any atom is -0.467 e. The number of amides is 2. The van der Waals surface area contributed by atoms with Crippen molar-refractivity contribution in [3.8, 4) is 5.69 Å². The van der Waals surface area contributed by atoms with E-state index < -0.39 is 29.3 Å². The summed E-state index contributed by atoms with van der Waals surface area (Å²) in [6, 6.07) is 7.62. The first-order valence-corrected chi connectivity index (χ1v) is 10.1. The van der Waals surface area contributed by atoms with Crippen molar-refractivity contribution in [2.45, 2.75) is 25.6 Å². The summed E-state index contributed by atoms with van der Waals surface area (Å²) in [5.74, 6) is -1.54. The second kappa shape index (κ2) is 9.04. The lowest BCUT2D eigenvalue weighted by molar-refractivity contribution is -0.143. The number of carbonyl (C=O) groups excluding carboxylic acids is 2. The first kappa shape index (κ1) is 22.5. The maximum Gasteiger partial charge on any atom is 0.435 e. The molecule has 0 bridgehead atoms. The van der Waals surface area contributed by atoms with Gasteiger partial charge in [-0.05, 0) is 49.2 Å². The number of benzene rings is 1. The van der Waals surface area contributed by atoms with Gasteiger partial charge in [0, 0.05) is 19.0 Å². The highest BCUT2D eigenvalue weighted by molar-refractivity contribution is 5.94. The van der Waals surface area contributed by atoms with E-state index in [1.807, 2.05) is 0 Å². The molecule has 174 valence electrons. The first-order chi connectivity index (χ1) is 15.7. The van der Waals surface area contributed by atoms with E-state index in [9.17, 15) is 27.2 Å². The molecule has 1 saturated heterocycles. The topological polar surface area (TPSA) is 93.3 Å². The van der Waals surface area contributed by atoms with Crippen molar-refractivity contribution in [2.24, 2.45) is 5.92 Å². The van der Waals surface area contributed by atoms with Gasteiger partial charge in [-0.1, -0.05) is 5.21 Å². The maximum atomic E-state index is 13.8. The Bertz CT molecular complexity index is 1120. The van der Waals surface area contributed by atoms with Crippen LogP contribution in [0.25, 0.3) is 5.69 Å². The van der Waals surface area contributed by atoms with Crippen molar-refractivity contribution in [1.29, 1.82) is 0 Å². The van der Waals surface area contributed by atoms with Crippen LogP contribution in [0.5, 0.6) is 0 Å². The van der Waals surface area contributed by atoms with Crippen LogP contribution in [0, 0.1) is 11.7 Å². The van der Waals surface area contributed by atoms with Crippen LogP contribution < -0.4 is 5.32 Å². The minimum absolute atomic E-state index is 0.0813. The fourth-order valence-electron chi connectivity index (χ4n) is 3.67. The third-order valence-electron chi connectivity index (χ3n) is 5.38. The van der Waals surface area contributed by atoms with E-state index in [1.165, 1.54) is 11.2 Å². The van der Waals surface area contributed by atoms with Crippen LogP contribution >= 0.6 is 0 Å². The minimum atomic E-state index is -4.92. The average molecular weight is 465 g/mol. The Kier molecular flexibility index (Phi) is 6.16. The molecule has 0 radical (unpaired) electrons. The number of halogens is 4. The predicted molar refractivity (Wildman–Crippen MR) is 106 cm³/mol. The Morgan fingerprint density at radius 2 is 1.82 bits per heavy atom. The molecule has 2 amide bonds. The molecular weight excluding hydrogens is 446 g/mol. The second-order valence-corrected chi connectivity index (χ2v) is 7.54. The summed E-state index contributed by atoms with van der Waals surface area (Å²) in [7, 11) is 0. The number of hydrogen-bond acceptors (Lipinski definition) is 5. The summed E-state index contributed by atoms with van der Waals surface area (Å²) >= 11 is 0. The molecule has 0 aliphatic carbocycles. The van der Waals surface area contributed by atoms with Gasteiger partial charge in [-0.25, -0.2) is 9.07 Å². The smallest absolute Gasteiger partial charge is 0.435 e. The zero-order chi connectivity index (χ0) is 23.6. The van der Waals surface area contributed by atoms with Crippen LogP contribution in [-0.4, -0.2) is 44.8 Å². The lowest BCUT2D eigenvalue weighted by atomic mass is 9.95. The molecular formula is C21H19F4N5O3. The van der Waals surface area contributed by atoms with Crippen molar-refractivity contribution in [2.75, 3.05) is 13.1 Å². The van der Waals surface area contributed by atoms with E-state index in [0.29, 0.717) is 23.3 Å². The van der Waals surface area contributed by atoms with Crippen molar-refractivity contribution in [1.82, 2.24) is 25.2 Å². The molecule has 3 aromatic rings. The van der Waals surface area contributed by atoms with Crippen LogP contribution in [0.3, 0.4) is 0 Å². The molecule has 0 unspecified atom stereocenters. The van der Waals surface area contributed by atoms with Crippen molar-refractivity contribution >= 4 is 11.8 Å². The summed E-state index contributed by atoms with van der Waals surface area (Å²) in [5.41, 5.74) is -2.26. The fraction of sp³-hybridized carbons (Fsp3) is 0.333. The van der Waals surface area contributed by atoms with Gasteiger partial charge in [0.25, 0.3) is 5.91 Å². The molecule has 1 aliphatic rings. The summed E-state index contributed by atoms with van der Waals surface area (Å²) in [6.07, 6.45) is -2.84. The summed E-state index contributed by atoms with van der Waals surface area (Å²) in [4.78, 5) is 26.4. The van der Waals surface area contributed by atoms with E-state index in [0.717, 1.165) is 24.3 Å². The van der Waals surface area contributed by atoms with E-state index >= 15 is 0 Å². The zero-order valence-electron chi connectivity index (χ0n) is 17.2. The Labute approximate surface area is 185 Å². The van der Waals surface area contributed by atoms with Crippen LogP contribution in [-0.2, 0) is 17.5 Å². The monoisotopic (exact) mass is 465 g/mol. The Balaban J connectivity index is 1.45. The van der Waals surface area contributed by atoms with Crippen molar-refractivity contribution in [3.05, 3.63) is 65.6 Å². The third kappa shape index (κ3) is 4.89. The average Bonchev–Trinajstić information content (AvgIpc) is 3.47. The predicted octanol–water partition coefficient (Wildman–Crippen LogP) is 3.19. The Morgan fingerprint density at radius 1 is 1.12 bits per heavy atom. The highest BCUT2D eigenvalue weighted by Gasteiger charge is 2.43. The van der Waals surface area contributed by atoms with E-state index in [-0.39, 0.29) is 37.1 Å². The lowest BCUT2D eigenvalue weighted by Gasteiger charge is -2.31. The largest absolute Gasteiger partial charge is 0.467 e. The van der Waals surface area contributed by atoms with E-state index in [4.69, 9.17) is 4.42 Å². The molecule has 33 heavy (non-hydrogen) atoms. The molecule has 0 spiro atoms. The Morgan fingerprint density at radius 3 is 2.42 bits per heavy atom. The van der Waals surface area contributed by atoms with Crippen LogP contribution in [0.2, 0.25) is 0 Å². The molecule has 3 heterocycles. The molecule has 1 aromatic carbocycles. The quantitative estimate of drug-likeness (QED) is 0.585. The summed E-state index contributed by atoms with van der Waals surface area (Å²) < 4.78 is 60.2. The SMILES string of the molecule is O=C(NCc1ccco1)C1CCN(C(=O)c2nnn(-c3ccc(F)cc3)c2C(F)(F)F)CC1. The number of carbonyl (C=O) groups is 2. The van der Waals surface area contributed by atoms with Crippen molar-refractivity contribution < 1.29 is 31.6 Å². The Hall–Kier alpha value is -3.70. The molecule has 0 atom stereocenters. The van der Waals surface area contributed by atoms with Gasteiger partial charge in [0.2, 0.25) is 5.91 Å². The van der Waals surface area contributed by atoms with Gasteiger partial charge in [-0.2, -0.15) is 13.2 Å². The number of rotatable bonds is 5. The number of aromatic nitrogens is 3. The molecule has 1 aliphatic heterocycles. The molecule has 12 heteroatoms. The lowest BCUT2D eigenvalue weighted by Crippen LogP contribution is -2.43. The third-order valence-corrected chi connectivity index (χ3v) is 5.38. The maximum absolute atomic E-state index is 13.8. The van der Waals surface area contributed by atoms with Gasteiger partial charge in [0.05, 0.1) is 18.5 Å². The number of furan rings is 1. The molecule has 1 fully saturated rings. The highest BCUT2D eigenvalue weighted by atomic mass is 19.4. The van der Waals surface area contributed by atoms with E-state index in [1.54, 1.807) is 12.1 Å². The van der Waals surface area contributed by atoms with Gasteiger partial charge in [-0.15, -0.1) is 5.10 Å². The van der Waals surface area contributed by atoms with Crippen molar-refractivity contribution in [3.63, 3.8) is 0 Å². The molecule has 4 rings (SSSR count). The number of nitrogens with zero attached hydrogens (tertiary/aromatic N) is 4. The van der Waals surface area contributed by atoms with Crippen LogP contribution in [0.4, 0.5) is 17.6 Å². The van der Waals surface area contributed by atoms with Gasteiger partial charge < -0.3 is 14.6 Å². The van der Waals surface area contributed by atoms with Crippen LogP contribution in [0.15, 0.2) is 47.1 Å². The van der Waals surface area contributed by atoms with Gasteiger partial charge >= 0.3 is 6.18 Å². The molecule has 0 saturated carbocycles. The number of likely N-dealkylation sites (tertiary alicyclic amines) is 1. The van der Waals surface area contributed by atoms with E-state index in [2.05, 4.69) is 15.6 Å². The fourth-order valence-corrected chi connectivity index (χ4v) is 3.67. The number of piperidine rings is 1. The summed E-state index contributed by atoms with van der Waals surface area (Å²) in [5, 5.41) is 9.73. The standard InChI is InChI=1S/C21H19F4N5O3/c22-14-3-5-15(6-4-14)30-18(21(23,24)25)17(27-28-30)20(32)29-9-7-13(8-10-29)19(31)26-12-16-2-1-11-33-16/h1-6,11,13H,7-10,12H2,(H,26,31). The molecule has 8 nitrogen and oxygen atoms in total. The highest BCUT2D eigenvalue weighted by Crippen LogP contribution is 2.33. The van der Waals surface area contributed by atoms with Gasteiger partial charge in [0.1, 0.15) is 11.6 Å². The van der Waals surface area contributed by atoms with Gasteiger partial charge in [0.15, 0.2) is 11.4 Å². The number of hydrogen-bond donors (Lipinski definition) is 1. The second-order valence-electron chi connectivity index (χ2n) is 7.54. The summed E-state index contributed by atoms with van der Waals surface area (Å²) in [6.45, 7) is 0.420. The number of alkyl halides is 3. The normalized spacial score (nSPS) is 15.0. The van der Waals surface area contributed by atoms with Crippen LogP contribution in [0.1, 0.15) is 34.8 Å².